The molecular formula is C12H25NO3. The van der Waals surface area contributed by atoms with Crippen molar-refractivity contribution in [2.75, 3.05) is 33.0 Å². The third-order valence-electron chi connectivity index (χ3n) is 2.75. The molecule has 16 heavy (non-hydrogen) atoms. The third kappa shape index (κ3) is 6.43. The summed E-state index contributed by atoms with van der Waals surface area (Å²) in [6, 6.07) is 0.402. The van der Waals surface area contributed by atoms with Crippen molar-refractivity contribution in [1.82, 2.24) is 5.32 Å². The number of hydrogen-bond donors (Lipinski definition) is 2. The molecule has 1 aliphatic heterocycles. The van der Waals surface area contributed by atoms with Gasteiger partial charge in [-0.05, 0) is 19.3 Å². The zero-order valence-corrected chi connectivity index (χ0v) is 10.3. The van der Waals surface area contributed by atoms with Gasteiger partial charge in [0.05, 0.1) is 19.3 Å². The number of ether oxygens (including phenoxy) is 2. The van der Waals surface area contributed by atoms with Crippen molar-refractivity contribution in [3.05, 3.63) is 0 Å². The van der Waals surface area contributed by atoms with E-state index in [4.69, 9.17) is 9.47 Å². The third-order valence-corrected chi connectivity index (χ3v) is 2.75. The molecule has 1 fully saturated rings. The Bertz CT molecular complexity index is 160. The topological polar surface area (TPSA) is 50.7 Å². The Hall–Kier alpha value is -0.160. The molecule has 1 heterocycles. The van der Waals surface area contributed by atoms with E-state index in [0.717, 1.165) is 45.5 Å². The van der Waals surface area contributed by atoms with Crippen LogP contribution in [0.4, 0.5) is 0 Å². The molecule has 0 aliphatic carbocycles. The first-order valence-electron chi connectivity index (χ1n) is 6.40. The first-order valence-corrected chi connectivity index (χ1v) is 6.40. The molecule has 0 radical (unpaired) electrons. The molecule has 2 atom stereocenters. The van der Waals surface area contributed by atoms with Gasteiger partial charge >= 0.3 is 0 Å². The van der Waals surface area contributed by atoms with Gasteiger partial charge in [0.1, 0.15) is 0 Å². The van der Waals surface area contributed by atoms with Crippen LogP contribution in [0.1, 0.15) is 32.6 Å². The number of hydrogen-bond acceptors (Lipinski definition) is 4. The quantitative estimate of drug-likeness (QED) is 0.610. The summed E-state index contributed by atoms with van der Waals surface area (Å²) in [7, 11) is 0. The highest BCUT2D eigenvalue weighted by Crippen LogP contribution is 2.05. The molecule has 4 nitrogen and oxygen atoms in total. The molecule has 0 spiro atoms. The summed E-state index contributed by atoms with van der Waals surface area (Å²) in [5.74, 6) is 0. The molecular weight excluding hydrogens is 206 g/mol. The van der Waals surface area contributed by atoms with Crippen LogP contribution in [0.15, 0.2) is 0 Å². The minimum atomic E-state index is -0.404. The van der Waals surface area contributed by atoms with Crippen LogP contribution in [-0.4, -0.2) is 50.2 Å². The lowest BCUT2D eigenvalue weighted by Crippen LogP contribution is -2.41. The van der Waals surface area contributed by atoms with Crippen LogP contribution in [0.3, 0.4) is 0 Å². The van der Waals surface area contributed by atoms with E-state index >= 15 is 0 Å². The van der Waals surface area contributed by atoms with Gasteiger partial charge in [-0.1, -0.05) is 13.3 Å². The average molecular weight is 231 g/mol. The van der Waals surface area contributed by atoms with Crippen molar-refractivity contribution in [3.8, 4) is 0 Å². The van der Waals surface area contributed by atoms with Crippen molar-refractivity contribution in [3.63, 3.8) is 0 Å². The van der Waals surface area contributed by atoms with Gasteiger partial charge in [0.2, 0.25) is 0 Å². The maximum absolute atomic E-state index is 9.65. The highest BCUT2D eigenvalue weighted by Gasteiger charge is 2.14. The lowest BCUT2D eigenvalue weighted by atomic mass is 10.1. The summed E-state index contributed by atoms with van der Waals surface area (Å²) in [5, 5.41) is 13.0. The first-order chi connectivity index (χ1) is 7.83. The summed E-state index contributed by atoms with van der Waals surface area (Å²) in [6.07, 6.45) is 4.05. The Morgan fingerprint density at radius 1 is 1.56 bits per heavy atom. The van der Waals surface area contributed by atoms with E-state index in [1.54, 1.807) is 0 Å². The van der Waals surface area contributed by atoms with Crippen molar-refractivity contribution < 1.29 is 14.6 Å². The number of aliphatic hydroxyl groups is 1. The molecule has 1 aliphatic rings. The van der Waals surface area contributed by atoms with E-state index in [1.165, 1.54) is 0 Å². The summed E-state index contributed by atoms with van der Waals surface area (Å²) in [5.41, 5.74) is 0. The normalized spacial score (nSPS) is 23.2. The van der Waals surface area contributed by atoms with E-state index < -0.39 is 6.10 Å². The van der Waals surface area contributed by atoms with Crippen molar-refractivity contribution in [2.24, 2.45) is 0 Å². The van der Waals surface area contributed by atoms with Crippen LogP contribution in [-0.2, 0) is 9.47 Å². The Labute approximate surface area is 98.3 Å². The van der Waals surface area contributed by atoms with Crippen LogP contribution < -0.4 is 5.32 Å². The lowest BCUT2D eigenvalue weighted by Gasteiger charge is -2.24. The Kier molecular flexibility index (Phi) is 7.76. The second kappa shape index (κ2) is 8.93. The molecule has 4 heteroatoms. The lowest BCUT2D eigenvalue weighted by molar-refractivity contribution is 0.0260. The molecule has 0 aromatic rings. The number of nitrogens with one attached hydrogen (secondary N) is 1. The van der Waals surface area contributed by atoms with Crippen molar-refractivity contribution >= 4 is 0 Å². The molecule has 0 aromatic carbocycles. The van der Waals surface area contributed by atoms with Gasteiger partial charge in [-0.15, -0.1) is 0 Å². The molecule has 2 unspecified atom stereocenters. The molecule has 0 amide bonds. The second-order valence-corrected chi connectivity index (χ2v) is 4.40. The van der Waals surface area contributed by atoms with Crippen LogP contribution in [0.2, 0.25) is 0 Å². The monoisotopic (exact) mass is 231 g/mol. The van der Waals surface area contributed by atoms with Crippen molar-refractivity contribution in [1.29, 1.82) is 0 Å². The largest absolute Gasteiger partial charge is 0.389 e. The molecule has 96 valence electrons. The van der Waals surface area contributed by atoms with E-state index in [2.05, 4.69) is 12.2 Å². The van der Waals surface area contributed by atoms with Gasteiger partial charge in [0.25, 0.3) is 0 Å². The predicted octanol–water partition coefficient (Wildman–Crippen LogP) is 0.933. The Morgan fingerprint density at radius 2 is 2.44 bits per heavy atom. The highest BCUT2D eigenvalue weighted by atomic mass is 16.5. The van der Waals surface area contributed by atoms with E-state index in [9.17, 15) is 5.11 Å². The molecule has 0 aromatic heterocycles. The SMILES string of the molecule is CCCCOCC(O)CNC1CCCOC1. The maximum atomic E-state index is 9.65. The van der Waals surface area contributed by atoms with Gasteiger partial charge in [0, 0.05) is 25.8 Å². The molecule has 0 bridgehead atoms. The fraction of sp³-hybridized carbons (Fsp3) is 1.00. The van der Waals surface area contributed by atoms with Gasteiger partial charge in [0.15, 0.2) is 0 Å². The van der Waals surface area contributed by atoms with E-state index in [-0.39, 0.29) is 0 Å². The number of aliphatic hydroxyl groups excluding tert-OH is 1. The zero-order valence-electron chi connectivity index (χ0n) is 10.3. The van der Waals surface area contributed by atoms with Crippen LogP contribution in [0, 0.1) is 0 Å². The summed E-state index contributed by atoms with van der Waals surface area (Å²) >= 11 is 0. The standard InChI is InChI=1S/C12H25NO3/c1-2-3-6-16-10-12(14)8-13-11-5-4-7-15-9-11/h11-14H,2-10H2,1H3. The van der Waals surface area contributed by atoms with E-state index in [1.807, 2.05) is 0 Å². The van der Waals surface area contributed by atoms with Crippen LogP contribution in [0.25, 0.3) is 0 Å². The first kappa shape index (κ1) is 13.9. The fourth-order valence-electron chi connectivity index (χ4n) is 1.73. The van der Waals surface area contributed by atoms with Gasteiger partial charge in [-0.3, -0.25) is 0 Å². The minimum absolute atomic E-state index is 0.402. The molecule has 0 saturated carbocycles. The van der Waals surface area contributed by atoms with Gasteiger partial charge < -0.3 is 19.9 Å². The Balaban J connectivity index is 1.94. The van der Waals surface area contributed by atoms with Crippen LogP contribution in [0.5, 0.6) is 0 Å². The van der Waals surface area contributed by atoms with E-state index in [0.29, 0.717) is 19.2 Å². The minimum Gasteiger partial charge on any atom is -0.389 e. The molecule has 1 rings (SSSR count). The smallest absolute Gasteiger partial charge is 0.0897 e. The highest BCUT2D eigenvalue weighted by molar-refractivity contribution is 4.71. The van der Waals surface area contributed by atoms with Gasteiger partial charge in [-0.2, -0.15) is 0 Å². The average Bonchev–Trinajstić information content (AvgIpc) is 2.33. The summed E-state index contributed by atoms with van der Waals surface area (Å²) in [6.45, 7) is 5.55. The summed E-state index contributed by atoms with van der Waals surface area (Å²) < 4.78 is 10.7. The molecule has 2 N–H and O–H groups in total. The second-order valence-electron chi connectivity index (χ2n) is 4.40. The maximum Gasteiger partial charge on any atom is 0.0897 e. The van der Waals surface area contributed by atoms with Gasteiger partial charge in [-0.25, -0.2) is 0 Å². The summed E-state index contributed by atoms with van der Waals surface area (Å²) in [4.78, 5) is 0. The Morgan fingerprint density at radius 3 is 3.12 bits per heavy atom. The predicted molar refractivity (Wildman–Crippen MR) is 63.6 cm³/mol. The molecule has 1 saturated heterocycles. The number of rotatable bonds is 8. The number of unbranched alkanes of at least 4 members (excludes halogenated alkanes) is 1. The zero-order chi connectivity index (χ0) is 11.6. The van der Waals surface area contributed by atoms with Crippen LogP contribution >= 0.6 is 0 Å². The fourth-order valence-corrected chi connectivity index (χ4v) is 1.73. The van der Waals surface area contributed by atoms with Crippen molar-refractivity contribution in [2.45, 2.75) is 44.8 Å².